The topological polar surface area (TPSA) is 95.0 Å². The van der Waals surface area contributed by atoms with E-state index >= 15 is 0 Å². The number of imide groups is 2. The number of phenols is 1. The number of carbonyl (C=O) groups is 4. The van der Waals surface area contributed by atoms with Crippen molar-refractivity contribution in [3.63, 3.8) is 0 Å². The van der Waals surface area contributed by atoms with Gasteiger partial charge < -0.3 is 5.11 Å². The molecule has 2 aliphatic carbocycles. The van der Waals surface area contributed by atoms with Crippen LogP contribution in [0.15, 0.2) is 48.0 Å². The van der Waals surface area contributed by atoms with E-state index in [1.165, 1.54) is 31.3 Å². The minimum Gasteiger partial charge on any atom is -0.505 e. The van der Waals surface area contributed by atoms with Crippen LogP contribution in [-0.4, -0.2) is 40.7 Å². The molecule has 196 valence electrons. The highest BCUT2D eigenvalue weighted by molar-refractivity contribution is 6.31. The Hall–Kier alpha value is -3.59. The van der Waals surface area contributed by atoms with Crippen LogP contribution in [0.5, 0.6) is 5.75 Å². The molecule has 2 aliphatic heterocycles. The summed E-state index contributed by atoms with van der Waals surface area (Å²) in [5, 5.41) is 10.5. The quantitative estimate of drug-likeness (QED) is 0.455. The third-order valence-corrected chi connectivity index (χ3v) is 9.28. The van der Waals surface area contributed by atoms with Crippen LogP contribution in [0.1, 0.15) is 31.2 Å². The number of aromatic hydroxyl groups is 1. The average Bonchev–Trinajstić information content (AvgIpc) is 3.23. The Labute approximate surface area is 221 Å². The van der Waals surface area contributed by atoms with Crippen molar-refractivity contribution in [2.24, 2.45) is 29.1 Å². The van der Waals surface area contributed by atoms with Crippen LogP contribution in [-0.2, 0) is 19.2 Å². The molecule has 2 saturated heterocycles. The lowest BCUT2D eigenvalue weighted by Crippen LogP contribution is -2.48. The van der Waals surface area contributed by atoms with Crippen molar-refractivity contribution >= 4 is 40.9 Å². The summed E-state index contributed by atoms with van der Waals surface area (Å²) in [6.45, 7) is 1.61. The number of likely N-dealkylation sites (tertiary alicyclic amines) is 1. The van der Waals surface area contributed by atoms with Gasteiger partial charge in [-0.1, -0.05) is 35.4 Å². The van der Waals surface area contributed by atoms with Crippen LogP contribution in [0.25, 0.3) is 0 Å². The molecule has 2 aromatic rings. The zero-order valence-corrected chi connectivity index (χ0v) is 21.2. The number of anilines is 1. The second-order valence-corrected chi connectivity index (χ2v) is 11.1. The number of fused-ring (bicyclic) bond motifs is 4. The van der Waals surface area contributed by atoms with E-state index in [9.17, 15) is 33.1 Å². The first-order chi connectivity index (χ1) is 18.0. The van der Waals surface area contributed by atoms with Gasteiger partial charge in [0, 0.05) is 18.5 Å². The summed E-state index contributed by atoms with van der Waals surface area (Å²) < 4.78 is 28.5. The SMILES string of the molecule is CN1C(=O)[C@H]2[C@H](CC=C3[C@H]2C[C@H]2C(=O)N(c4ccc(F)c(Cl)c4)C(=O)[C@@]2(C)[C@H]3c2cccc(F)c2O)C1=O. The highest BCUT2D eigenvalue weighted by Gasteiger charge is 2.67. The fourth-order valence-corrected chi connectivity index (χ4v) is 7.33. The summed E-state index contributed by atoms with van der Waals surface area (Å²) in [6.07, 6.45) is 2.17. The van der Waals surface area contributed by atoms with Crippen molar-refractivity contribution in [1.82, 2.24) is 4.90 Å². The number of para-hydroxylation sites is 1. The van der Waals surface area contributed by atoms with E-state index in [-0.39, 0.29) is 40.9 Å². The molecule has 6 rings (SSSR count). The first kappa shape index (κ1) is 24.7. The van der Waals surface area contributed by atoms with Gasteiger partial charge in [0.15, 0.2) is 11.6 Å². The Morgan fingerprint density at radius 1 is 1.00 bits per heavy atom. The number of benzene rings is 2. The molecule has 0 spiro atoms. The molecule has 6 atom stereocenters. The monoisotopic (exact) mass is 540 g/mol. The zero-order chi connectivity index (χ0) is 27.3. The molecule has 4 amide bonds. The lowest BCUT2D eigenvalue weighted by molar-refractivity contribution is -0.138. The van der Waals surface area contributed by atoms with Gasteiger partial charge in [0.2, 0.25) is 23.6 Å². The number of carbonyl (C=O) groups excluding carboxylic acids is 4. The maximum absolute atomic E-state index is 14.6. The Kier molecular flexibility index (Phi) is 5.34. The minimum atomic E-state index is -1.46. The maximum Gasteiger partial charge on any atom is 0.241 e. The second kappa shape index (κ2) is 8.20. The molecular formula is C28H23ClF2N2O5. The Morgan fingerprint density at radius 2 is 1.74 bits per heavy atom. The van der Waals surface area contributed by atoms with E-state index in [0.717, 1.165) is 21.9 Å². The van der Waals surface area contributed by atoms with Crippen molar-refractivity contribution < 1.29 is 33.1 Å². The summed E-state index contributed by atoms with van der Waals surface area (Å²) in [6, 6.07) is 7.54. The third-order valence-electron chi connectivity index (χ3n) is 8.99. The van der Waals surface area contributed by atoms with Crippen molar-refractivity contribution in [2.75, 3.05) is 11.9 Å². The van der Waals surface area contributed by atoms with E-state index in [1.54, 1.807) is 6.92 Å². The maximum atomic E-state index is 14.6. The van der Waals surface area contributed by atoms with Gasteiger partial charge in [-0.05, 0) is 49.9 Å². The number of allylic oxidation sites excluding steroid dienone is 2. The minimum absolute atomic E-state index is 0.0888. The van der Waals surface area contributed by atoms with Crippen molar-refractivity contribution in [3.05, 3.63) is 70.3 Å². The first-order valence-electron chi connectivity index (χ1n) is 12.3. The predicted molar refractivity (Wildman–Crippen MR) is 132 cm³/mol. The Balaban J connectivity index is 1.56. The number of rotatable bonds is 2. The van der Waals surface area contributed by atoms with Gasteiger partial charge in [0.05, 0.1) is 33.9 Å². The van der Waals surface area contributed by atoms with E-state index in [0.29, 0.717) is 5.57 Å². The highest BCUT2D eigenvalue weighted by Crippen LogP contribution is 2.64. The van der Waals surface area contributed by atoms with Gasteiger partial charge in [-0.3, -0.25) is 24.1 Å². The molecule has 1 N–H and O–H groups in total. The zero-order valence-electron chi connectivity index (χ0n) is 20.5. The lowest BCUT2D eigenvalue weighted by Gasteiger charge is -2.49. The number of hydrogen-bond acceptors (Lipinski definition) is 5. The standard InChI is InChI=1S/C28H23ClF2N2O5/c1-28-17(25(36)33(27(28)38)12-6-9-19(30)18(29)10-12)11-16-13(22(28)15-4-3-5-20(31)23(15)34)7-8-14-21(16)26(37)32(2)24(14)35/h3-7,9-10,14,16-17,21-22,34H,8,11H2,1-2H3/t14-,16+,17-,21-,22+,28+/m0/s1. The summed E-state index contributed by atoms with van der Waals surface area (Å²) in [5.74, 6) is -7.87. The molecule has 2 aromatic carbocycles. The van der Waals surface area contributed by atoms with Gasteiger partial charge in [0.1, 0.15) is 5.82 Å². The van der Waals surface area contributed by atoms with Crippen LogP contribution in [0.3, 0.4) is 0 Å². The normalized spacial score (nSPS) is 32.3. The van der Waals surface area contributed by atoms with E-state index in [4.69, 9.17) is 11.6 Å². The molecule has 0 bridgehead atoms. The molecule has 7 nitrogen and oxygen atoms in total. The molecule has 0 unspecified atom stereocenters. The number of phenolic OH excluding ortho intramolecular Hbond substituents is 1. The van der Waals surface area contributed by atoms with Gasteiger partial charge in [-0.25, -0.2) is 13.7 Å². The largest absolute Gasteiger partial charge is 0.505 e. The summed E-state index contributed by atoms with van der Waals surface area (Å²) in [7, 11) is 1.43. The van der Waals surface area contributed by atoms with Gasteiger partial charge in [-0.15, -0.1) is 0 Å². The summed E-state index contributed by atoms with van der Waals surface area (Å²) in [5.41, 5.74) is -0.624. The lowest BCUT2D eigenvalue weighted by atomic mass is 9.51. The summed E-state index contributed by atoms with van der Waals surface area (Å²) in [4.78, 5) is 56.1. The molecule has 38 heavy (non-hydrogen) atoms. The van der Waals surface area contributed by atoms with Gasteiger partial charge in [-0.2, -0.15) is 0 Å². The molecule has 0 radical (unpaired) electrons. The van der Waals surface area contributed by atoms with Crippen LogP contribution in [0, 0.1) is 40.7 Å². The molecule has 4 aliphatic rings. The highest BCUT2D eigenvalue weighted by atomic mass is 35.5. The van der Waals surface area contributed by atoms with Crippen LogP contribution < -0.4 is 4.90 Å². The summed E-state index contributed by atoms with van der Waals surface area (Å²) >= 11 is 5.96. The van der Waals surface area contributed by atoms with Gasteiger partial charge in [0.25, 0.3) is 0 Å². The fraction of sp³-hybridized carbons (Fsp3) is 0.357. The number of halogens is 3. The third kappa shape index (κ3) is 3.05. The van der Waals surface area contributed by atoms with Crippen LogP contribution in [0.2, 0.25) is 5.02 Å². The molecule has 3 fully saturated rings. The molecule has 2 heterocycles. The fourth-order valence-electron chi connectivity index (χ4n) is 7.15. The van der Waals surface area contributed by atoms with E-state index in [1.807, 2.05) is 6.08 Å². The molecule has 1 saturated carbocycles. The van der Waals surface area contributed by atoms with Crippen LogP contribution >= 0.6 is 11.6 Å². The van der Waals surface area contributed by atoms with Crippen LogP contribution in [0.4, 0.5) is 14.5 Å². The molecular weight excluding hydrogens is 518 g/mol. The number of amides is 4. The Bertz CT molecular complexity index is 1490. The average molecular weight is 541 g/mol. The number of hydrogen-bond donors (Lipinski definition) is 1. The van der Waals surface area contributed by atoms with Crippen molar-refractivity contribution in [2.45, 2.75) is 25.7 Å². The van der Waals surface area contributed by atoms with Gasteiger partial charge >= 0.3 is 0 Å². The predicted octanol–water partition coefficient (Wildman–Crippen LogP) is 4.18. The first-order valence-corrected chi connectivity index (χ1v) is 12.7. The molecule has 0 aromatic heterocycles. The smallest absolute Gasteiger partial charge is 0.241 e. The van der Waals surface area contributed by atoms with Crippen molar-refractivity contribution in [1.29, 1.82) is 0 Å². The molecule has 10 heteroatoms. The second-order valence-electron chi connectivity index (χ2n) is 10.7. The van der Waals surface area contributed by atoms with E-state index in [2.05, 4.69) is 0 Å². The number of nitrogens with zero attached hydrogens (tertiary/aromatic N) is 2. The van der Waals surface area contributed by atoms with E-state index < -0.39 is 64.2 Å². The Morgan fingerprint density at radius 3 is 2.45 bits per heavy atom. The van der Waals surface area contributed by atoms with Crippen molar-refractivity contribution in [3.8, 4) is 5.75 Å².